The lowest BCUT2D eigenvalue weighted by atomic mass is 10.1. The number of hydrogen-bond acceptors (Lipinski definition) is 4. The molecule has 3 rings (SSSR count). The zero-order valence-corrected chi connectivity index (χ0v) is 15.2. The molecule has 0 radical (unpaired) electrons. The second-order valence-electron chi connectivity index (χ2n) is 6.60. The molecule has 1 aliphatic heterocycles. The van der Waals surface area contributed by atoms with Crippen LogP contribution in [0.4, 0.5) is 0 Å². The molecule has 2 aromatic rings. The molecule has 5 heteroatoms. The van der Waals surface area contributed by atoms with Crippen LogP contribution < -0.4 is 4.74 Å². The van der Waals surface area contributed by atoms with Crippen LogP contribution in [0.15, 0.2) is 54.6 Å². The van der Waals surface area contributed by atoms with E-state index in [9.17, 15) is 9.90 Å². The van der Waals surface area contributed by atoms with E-state index in [0.29, 0.717) is 24.8 Å². The molecule has 1 fully saturated rings. The van der Waals surface area contributed by atoms with E-state index in [4.69, 9.17) is 4.74 Å². The highest BCUT2D eigenvalue weighted by Gasteiger charge is 2.24. The zero-order valence-electron chi connectivity index (χ0n) is 15.2. The van der Waals surface area contributed by atoms with Crippen molar-refractivity contribution in [3.8, 4) is 11.5 Å². The molecule has 1 amide bonds. The number of piperazine rings is 1. The molecule has 1 atom stereocenters. The Morgan fingerprint density at radius 3 is 2.35 bits per heavy atom. The molecule has 1 saturated heterocycles. The van der Waals surface area contributed by atoms with Crippen molar-refractivity contribution < 1.29 is 14.6 Å². The van der Waals surface area contributed by atoms with Crippen LogP contribution >= 0.6 is 0 Å². The Balaban J connectivity index is 1.41. The van der Waals surface area contributed by atoms with Crippen molar-refractivity contribution in [2.24, 2.45) is 0 Å². The molecule has 1 N–H and O–H groups in total. The molecule has 0 bridgehead atoms. The quantitative estimate of drug-likeness (QED) is 0.866. The minimum atomic E-state index is 0.135. The van der Waals surface area contributed by atoms with Gasteiger partial charge in [-0.2, -0.15) is 0 Å². The first-order chi connectivity index (χ1) is 12.6. The van der Waals surface area contributed by atoms with Crippen LogP contribution in [0.5, 0.6) is 11.5 Å². The molecule has 0 aromatic heterocycles. The summed E-state index contributed by atoms with van der Waals surface area (Å²) in [5.74, 6) is 1.00. The number of nitrogens with zero attached hydrogens (tertiary/aromatic N) is 2. The summed E-state index contributed by atoms with van der Waals surface area (Å²) in [5.41, 5.74) is 1.31. The molecule has 0 spiro atoms. The molecule has 1 aliphatic rings. The number of carbonyl (C=O) groups is 1. The maximum atomic E-state index is 12.4. The maximum Gasteiger partial charge on any atom is 0.226 e. The highest BCUT2D eigenvalue weighted by Crippen LogP contribution is 2.21. The van der Waals surface area contributed by atoms with Crippen LogP contribution in [0.2, 0.25) is 0 Å². The summed E-state index contributed by atoms with van der Waals surface area (Å²) in [6, 6.07) is 17.4. The van der Waals surface area contributed by atoms with Crippen molar-refractivity contribution in [2.45, 2.75) is 19.4 Å². The number of aromatic hydroxyl groups is 1. The molecule has 26 heavy (non-hydrogen) atoms. The van der Waals surface area contributed by atoms with Gasteiger partial charge in [0.1, 0.15) is 11.5 Å². The third-order valence-electron chi connectivity index (χ3n) is 4.92. The van der Waals surface area contributed by atoms with Gasteiger partial charge in [0.25, 0.3) is 0 Å². The molecule has 138 valence electrons. The third-order valence-corrected chi connectivity index (χ3v) is 4.92. The standard InChI is InChI=1S/C21H26N2O3/c1-17(18-5-3-2-4-6-18)22-12-14-23(15-13-22)21(25)11-16-26-20-9-7-19(24)8-10-20/h2-10,17,24H,11-16H2,1H3. The van der Waals surface area contributed by atoms with Gasteiger partial charge in [-0.15, -0.1) is 0 Å². The smallest absolute Gasteiger partial charge is 0.226 e. The Hall–Kier alpha value is -2.53. The SMILES string of the molecule is CC(c1ccccc1)N1CCN(C(=O)CCOc2ccc(O)cc2)CC1. The van der Waals surface area contributed by atoms with Crippen LogP contribution in [0.1, 0.15) is 24.9 Å². The summed E-state index contributed by atoms with van der Waals surface area (Å²) >= 11 is 0. The van der Waals surface area contributed by atoms with Crippen LogP contribution in [0, 0.1) is 0 Å². The molecule has 5 nitrogen and oxygen atoms in total. The normalized spacial score (nSPS) is 16.3. The van der Waals surface area contributed by atoms with Gasteiger partial charge in [-0.1, -0.05) is 30.3 Å². The first-order valence-electron chi connectivity index (χ1n) is 9.12. The van der Waals surface area contributed by atoms with Crippen molar-refractivity contribution in [3.63, 3.8) is 0 Å². The maximum absolute atomic E-state index is 12.4. The monoisotopic (exact) mass is 354 g/mol. The lowest BCUT2D eigenvalue weighted by molar-refractivity contribution is -0.133. The summed E-state index contributed by atoms with van der Waals surface area (Å²) in [7, 11) is 0. The van der Waals surface area contributed by atoms with Gasteiger partial charge in [-0.3, -0.25) is 9.69 Å². The van der Waals surface area contributed by atoms with E-state index in [1.807, 2.05) is 11.0 Å². The van der Waals surface area contributed by atoms with Crippen molar-refractivity contribution in [3.05, 3.63) is 60.2 Å². The van der Waals surface area contributed by atoms with Gasteiger partial charge in [0.05, 0.1) is 13.0 Å². The number of phenolic OH excluding ortho intramolecular Hbond substituents is 1. The van der Waals surface area contributed by atoms with E-state index in [1.165, 1.54) is 5.56 Å². The summed E-state index contributed by atoms with van der Waals surface area (Å²) in [5, 5.41) is 9.25. The predicted octanol–water partition coefficient (Wildman–Crippen LogP) is 3.07. The Morgan fingerprint density at radius 1 is 1.04 bits per heavy atom. The van der Waals surface area contributed by atoms with Crippen molar-refractivity contribution in [2.75, 3.05) is 32.8 Å². The number of hydrogen-bond donors (Lipinski definition) is 1. The lowest BCUT2D eigenvalue weighted by Gasteiger charge is -2.38. The minimum absolute atomic E-state index is 0.135. The number of phenols is 1. The van der Waals surface area contributed by atoms with E-state index in [-0.39, 0.29) is 11.7 Å². The van der Waals surface area contributed by atoms with Gasteiger partial charge in [-0.05, 0) is 36.8 Å². The summed E-state index contributed by atoms with van der Waals surface area (Å²) in [6.45, 7) is 5.87. The van der Waals surface area contributed by atoms with Crippen molar-refractivity contribution >= 4 is 5.91 Å². The van der Waals surface area contributed by atoms with Crippen LogP contribution in [-0.2, 0) is 4.79 Å². The fraction of sp³-hybridized carbons (Fsp3) is 0.381. The van der Waals surface area contributed by atoms with Gasteiger partial charge >= 0.3 is 0 Å². The average molecular weight is 354 g/mol. The number of amides is 1. The summed E-state index contributed by atoms with van der Waals surface area (Å²) in [4.78, 5) is 16.7. The van der Waals surface area contributed by atoms with Gasteiger partial charge in [-0.25, -0.2) is 0 Å². The largest absolute Gasteiger partial charge is 0.508 e. The zero-order chi connectivity index (χ0) is 18.4. The Bertz CT molecular complexity index is 695. The van der Waals surface area contributed by atoms with Gasteiger partial charge < -0.3 is 14.7 Å². The minimum Gasteiger partial charge on any atom is -0.508 e. The molecule has 1 unspecified atom stereocenters. The molecule has 1 heterocycles. The Morgan fingerprint density at radius 2 is 1.69 bits per heavy atom. The predicted molar refractivity (Wildman–Crippen MR) is 101 cm³/mol. The molecular weight excluding hydrogens is 328 g/mol. The Labute approximate surface area is 154 Å². The first-order valence-corrected chi connectivity index (χ1v) is 9.12. The average Bonchev–Trinajstić information content (AvgIpc) is 2.69. The topological polar surface area (TPSA) is 53.0 Å². The van der Waals surface area contributed by atoms with Crippen molar-refractivity contribution in [1.82, 2.24) is 9.80 Å². The van der Waals surface area contributed by atoms with E-state index < -0.39 is 0 Å². The summed E-state index contributed by atoms with van der Waals surface area (Å²) in [6.07, 6.45) is 0.370. The second-order valence-corrected chi connectivity index (χ2v) is 6.60. The van der Waals surface area contributed by atoms with E-state index in [1.54, 1.807) is 24.3 Å². The van der Waals surface area contributed by atoms with E-state index in [2.05, 4.69) is 36.1 Å². The number of ether oxygens (including phenoxy) is 1. The van der Waals surface area contributed by atoms with Crippen molar-refractivity contribution in [1.29, 1.82) is 0 Å². The summed E-state index contributed by atoms with van der Waals surface area (Å²) < 4.78 is 5.57. The molecule has 2 aromatic carbocycles. The fourth-order valence-electron chi connectivity index (χ4n) is 3.26. The highest BCUT2D eigenvalue weighted by molar-refractivity contribution is 5.76. The van der Waals surface area contributed by atoms with Gasteiger partial charge in [0, 0.05) is 32.2 Å². The second kappa shape index (κ2) is 8.72. The number of rotatable bonds is 6. The van der Waals surface area contributed by atoms with Crippen LogP contribution in [-0.4, -0.2) is 53.6 Å². The highest BCUT2D eigenvalue weighted by atomic mass is 16.5. The van der Waals surface area contributed by atoms with Crippen LogP contribution in [0.25, 0.3) is 0 Å². The van der Waals surface area contributed by atoms with Gasteiger partial charge in [0.2, 0.25) is 5.91 Å². The lowest BCUT2D eigenvalue weighted by Crippen LogP contribution is -2.49. The Kier molecular flexibility index (Phi) is 6.12. The number of carbonyl (C=O) groups excluding carboxylic acids is 1. The van der Waals surface area contributed by atoms with E-state index in [0.717, 1.165) is 26.2 Å². The fourth-order valence-corrected chi connectivity index (χ4v) is 3.26. The molecular formula is C21H26N2O3. The van der Waals surface area contributed by atoms with Crippen LogP contribution in [0.3, 0.4) is 0 Å². The van der Waals surface area contributed by atoms with Gasteiger partial charge in [0.15, 0.2) is 0 Å². The molecule has 0 saturated carbocycles. The third kappa shape index (κ3) is 4.76. The van der Waals surface area contributed by atoms with E-state index >= 15 is 0 Å². The first kappa shape index (κ1) is 18.3. The molecule has 0 aliphatic carbocycles. The number of benzene rings is 2.